The van der Waals surface area contributed by atoms with Crippen LogP contribution in [0.15, 0.2) is 36.4 Å². The van der Waals surface area contributed by atoms with E-state index in [9.17, 15) is 9.18 Å². The van der Waals surface area contributed by atoms with Crippen molar-refractivity contribution in [1.82, 2.24) is 0 Å². The molecule has 22 heavy (non-hydrogen) atoms. The van der Waals surface area contributed by atoms with Gasteiger partial charge in [-0.3, -0.25) is 4.79 Å². The molecule has 3 rings (SSSR count). The molecule has 0 fully saturated rings. The Labute approximate surface area is 132 Å². The van der Waals surface area contributed by atoms with Gasteiger partial charge in [0, 0.05) is 15.8 Å². The van der Waals surface area contributed by atoms with Crippen molar-refractivity contribution in [1.29, 1.82) is 0 Å². The number of nitrogens with one attached hydrogen (secondary N) is 1. The molecule has 1 N–H and O–H groups in total. The Morgan fingerprint density at radius 3 is 2.41 bits per heavy atom. The Morgan fingerprint density at radius 1 is 1.09 bits per heavy atom. The van der Waals surface area contributed by atoms with Crippen molar-refractivity contribution in [2.45, 2.75) is 20.8 Å². The van der Waals surface area contributed by atoms with Crippen LogP contribution in [0.3, 0.4) is 0 Å². The lowest BCUT2D eigenvalue weighted by atomic mass is 10.1. The van der Waals surface area contributed by atoms with Gasteiger partial charge in [0.25, 0.3) is 5.91 Å². The van der Waals surface area contributed by atoms with Gasteiger partial charge in [0.2, 0.25) is 0 Å². The maximum absolute atomic E-state index is 13.9. The first-order chi connectivity index (χ1) is 10.5. The zero-order valence-electron chi connectivity index (χ0n) is 12.7. The van der Waals surface area contributed by atoms with Crippen molar-refractivity contribution >= 4 is 33.0 Å². The molecule has 0 aliphatic rings. The Hall–Kier alpha value is -2.20. The summed E-state index contributed by atoms with van der Waals surface area (Å²) in [4.78, 5) is 13.1. The fraction of sp³-hybridized carbons (Fsp3) is 0.167. The minimum absolute atomic E-state index is 0.192. The van der Waals surface area contributed by atoms with Gasteiger partial charge >= 0.3 is 0 Å². The summed E-state index contributed by atoms with van der Waals surface area (Å²) in [7, 11) is 0. The number of thiophene rings is 1. The van der Waals surface area contributed by atoms with Gasteiger partial charge in [-0.05, 0) is 61.7 Å². The summed E-state index contributed by atoms with van der Waals surface area (Å²) in [5.74, 6) is -0.472. The van der Waals surface area contributed by atoms with Crippen LogP contribution in [0, 0.1) is 26.6 Å². The molecule has 0 radical (unpaired) electrons. The molecule has 0 atom stereocenters. The number of halogens is 1. The standard InChI is InChI=1S/C18H16FNOS/c1-10-7-11(2)9-13(8-10)20-18(21)17-12(3)16-14(19)5-4-6-15(16)22-17/h4-9H,1-3H3,(H,20,21). The normalized spacial score (nSPS) is 10.9. The van der Waals surface area contributed by atoms with Crippen molar-refractivity contribution in [2.75, 3.05) is 5.32 Å². The second kappa shape index (κ2) is 5.54. The van der Waals surface area contributed by atoms with E-state index in [1.807, 2.05) is 32.0 Å². The van der Waals surface area contributed by atoms with Crippen LogP contribution in [0.4, 0.5) is 10.1 Å². The summed E-state index contributed by atoms with van der Waals surface area (Å²) < 4.78 is 14.7. The summed E-state index contributed by atoms with van der Waals surface area (Å²) in [5, 5.41) is 3.45. The lowest BCUT2D eigenvalue weighted by Crippen LogP contribution is -2.11. The third-order valence-electron chi connectivity index (χ3n) is 3.59. The SMILES string of the molecule is Cc1cc(C)cc(NC(=O)c2sc3cccc(F)c3c2C)c1. The number of hydrogen-bond donors (Lipinski definition) is 1. The van der Waals surface area contributed by atoms with Gasteiger partial charge in [0.1, 0.15) is 5.82 Å². The van der Waals surface area contributed by atoms with E-state index in [0.717, 1.165) is 21.5 Å². The van der Waals surface area contributed by atoms with E-state index in [1.54, 1.807) is 13.0 Å². The van der Waals surface area contributed by atoms with Gasteiger partial charge in [-0.15, -0.1) is 11.3 Å². The molecule has 0 aliphatic carbocycles. The minimum atomic E-state index is -0.281. The molecule has 1 amide bonds. The maximum atomic E-state index is 13.9. The van der Waals surface area contributed by atoms with Crippen molar-refractivity contribution in [3.63, 3.8) is 0 Å². The van der Waals surface area contributed by atoms with Crippen LogP contribution in [0.2, 0.25) is 0 Å². The predicted molar refractivity (Wildman–Crippen MR) is 90.4 cm³/mol. The first-order valence-corrected chi connectivity index (χ1v) is 7.84. The molecule has 0 spiro atoms. The molecule has 0 bridgehead atoms. The number of amides is 1. The van der Waals surface area contributed by atoms with Crippen LogP contribution in [-0.2, 0) is 0 Å². The molecule has 0 unspecified atom stereocenters. The highest BCUT2D eigenvalue weighted by atomic mass is 32.1. The van der Waals surface area contributed by atoms with Crippen LogP contribution in [0.25, 0.3) is 10.1 Å². The van der Waals surface area contributed by atoms with E-state index in [4.69, 9.17) is 0 Å². The Balaban J connectivity index is 1.99. The summed E-state index contributed by atoms with van der Waals surface area (Å²) >= 11 is 1.32. The number of carbonyl (C=O) groups is 1. The molecule has 1 heterocycles. The van der Waals surface area contributed by atoms with Crippen molar-refractivity contribution in [2.24, 2.45) is 0 Å². The molecule has 2 aromatic carbocycles. The van der Waals surface area contributed by atoms with Crippen LogP contribution in [-0.4, -0.2) is 5.91 Å². The third-order valence-corrected chi connectivity index (χ3v) is 4.84. The number of rotatable bonds is 2. The molecule has 4 heteroatoms. The number of aryl methyl sites for hydroxylation is 3. The second-order valence-electron chi connectivity index (χ2n) is 5.50. The maximum Gasteiger partial charge on any atom is 0.266 e. The highest BCUT2D eigenvalue weighted by Gasteiger charge is 2.17. The van der Waals surface area contributed by atoms with Crippen LogP contribution in [0.5, 0.6) is 0 Å². The average molecular weight is 313 g/mol. The highest BCUT2D eigenvalue weighted by Crippen LogP contribution is 2.33. The topological polar surface area (TPSA) is 29.1 Å². The van der Waals surface area contributed by atoms with E-state index in [0.29, 0.717) is 15.8 Å². The lowest BCUT2D eigenvalue weighted by Gasteiger charge is -2.07. The number of fused-ring (bicyclic) bond motifs is 1. The Kier molecular flexibility index (Phi) is 3.71. The number of hydrogen-bond acceptors (Lipinski definition) is 2. The molecular formula is C18H16FNOS. The van der Waals surface area contributed by atoms with Gasteiger partial charge in [0.15, 0.2) is 0 Å². The summed E-state index contributed by atoms with van der Waals surface area (Å²) in [5.41, 5.74) is 3.64. The minimum Gasteiger partial charge on any atom is -0.321 e. The van der Waals surface area contributed by atoms with Crippen LogP contribution < -0.4 is 5.32 Å². The monoisotopic (exact) mass is 313 g/mol. The highest BCUT2D eigenvalue weighted by molar-refractivity contribution is 7.21. The van der Waals surface area contributed by atoms with E-state index in [-0.39, 0.29) is 11.7 Å². The predicted octanol–water partition coefficient (Wildman–Crippen LogP) is 5.22. The Morgan fingerprint density at radius 2 is 1.77 bits per heavy atom. The van der Waals surface area contributed by atoms with Crippen molar-refractivity contribution < 1.29 is 9.18 Å². The summed E-state index contributed by atoms with van der Waals surface area (Å²) in [6, 6.07) is 10.8. The zero-order valence-corrected chi connectivity index (χ0v) is 13.5. The van der Waals surface area contributed by atoms with Gasteiger partial charge in [0.05, 0.1) is 4.88 Å². The third kappa shape index (κ3) is 2.62. The number of benzene rings is 2. The van der Waals surface area contributed by atoms with Crippen molar-refractivity contribution in [3.05, 3.63) is 63.8 Å². The Bertz CT molecular complexity index is 862. The average Bonchev–Trinajstić information content (AvgIpc) is 2.76. The lowest BCUT2D eigenvalue weighted by molar-refractivity contribution is 0.103. The smallest absolute Gasteiger partial charge is 0.266 e. The summed E-state index contributed by atoms with van der Waals surface area (Å²) in [6.07, 6.45) is 0. The largest absolute Gasteiger partial charge is 0.321 e. The first-order valence-electron chi connectivity index (χ1n) is 7.03. The van der Waals surface area contributed by atoms with Crippen LogP contribution in [0.1, 0.15) is 26.4 Å². The fourth-order valence-corrected chi connectivity index (χ4v) is 3.82. The summed E-state index contributed by atoms with van der Waals surface area (Å²) in [6.45, 7) is 5.77. The first kappa shape index (κ1) is 14.7. The van der Waals surface area contributed by atoms with E-state index in [1.165, 1.54) is 17.4 Å². The molecule has 112 valence electrons. The molecule has 2 nitrogen and oxygen atoms in total. The molecule has 1 aromatic heterocycles. The van der Waals surface area contributed by atoms with E-state index in [2.05, 4.69) is 11.4 Å². The van der Waals surface area contributed by atoms with Gasteiger partial charge < -0.3 is 5.32 Å². The van der Waals surface area contributed by atoms with Crippen LogP contribution >= 0.6 is 11.3 Å². The van der Waals surface area contributed by atoms with E-state index >= 15 is 0 Å². The number of carbonyl (C=O) groups excluding carboxylic acids is 1. The zero-order chi connectivity index (χ0) is 15.9. The van der Waals surface area contributed by atoms with Crippen molar-refractivity contribution in [3.8, 4) is 0 Å². The number of anilines is 1. The quantitative estimate of drug-likeness (QED) is 0.690. The molecule has 0 saturated carbocycles. The molecule has 0 saturated heterocycles. The molecular weight excluding hydrogens is 297 g/mol. The van der Waals surface area contributed by atoms with Gasteiger partial charge in [-0.25, -0.2) is 4.39 Å². The van der Waals surface area contributed by atoms with Gasteiger partial charge in [-0.1, -0.05) is 12.1 Å². The molecule has 3 aromatic rings. The second-order valence-corrected chi connectivity index (χ2v) is 6.55. The molecule has 0 aliphatic heterocycles. The fourth-order valence-electron chi connectivity index (χ4n) is 2.70. The van der Waals surface area contributed by atoms with E-state index < -0.39 is 0 Å². The van der Waals surface area contributed by atoms with Gasteiger partial charge in [-0.2, -0.15) is 0 Å².